The van der Waals surface area contributed by atoms with Crippen LogP contribution in [0.3, 0.4) is 0 Å². The second kappa shape index (κ2) is 4.95. The minimum absolute atomic E-state index is 0.376. The first-order valence-corrected chi connectivity index (χ1v) is 6.66. The fraction of sp³-hybridized carbons (Fsp3) is 0.733. The Bertz CT molecular complexity index is 309. The lowest BCUT2D eigenvalue weighted by Gasteiger charge is -2.38. The van der Waals surface area contributed by atoms with E-state index in [1.54, 1.807) is 0 Å². The fourth-order valence-corrected chi connectivity index (χ4v) is 2.84. The quantitative estimate of drug-likeness (QED) is 0.691. The second-order valence-corrected chi connectivity index (χ2v) is 5.89. The van der Waals surface area contributed by atoms with Crippen molar-refractivity contribution in [2.75, 3.05) is 13.2 Å². The van der Waals surface area contributed by atoms with E-state index in [0.29, 0.717) is 5.41 Å². The molecular weight excluding hydrogens is 212 g/mol. The Hall–Kier alpha value is -0.600. The molecular formula is C15H24O2. The summed E-state index contributed by atoms with van der Waals surface area (Å²) in [6.45, 7) is 9.89. The van der Waals surface area contributed by atoms with Crippen LogP contribution in [0.25, 0.3) is 0 Å². The van der Waals surface area contributed by atoms with Crippen molar-refractivity contribution in [3.05, 3.63) is 24.3 Å². The molecule has 2 rings (SSSR count). The molecule has 0 unspecified atom stereocenters. The van der Waals surface area contributed by atoms with Gasteiger partial charge in [-0.15, -0.1) is 6.58 Å². The molecule has 1 aliphatic heterocycles. The Kier molecular flexibility index (Phi) is 3.74. The highest BCUT2D eigenvalue weighted by Crippen LogP contribution is 2.44. The standard InChI is InChI=1S/C15H24O2/c1-4-5-9-15(16-10-11-17-15)13-7-6-8-14(2,3)12-13/h4,7H,1,5-6,8-12H2,2-3H3. The van der Waals surface area contributed by atoms with Crippen LogP contribution < -0.4 is 0 Å². The minimum Gasteiger partial charge on any atom is -0.344 e. The van der Waals surface area contributed by atoms with Gasteiger partial charge in [0.2, 0.25) is 0 Å². The van der Waals surface area contributed by atoms with Gasteiger partial charge in [-0.2, -0.15) is 0 Å². The first-order chi connectivity index (χ1) is 8.08. The average molecular weight is 236 g/mol. The number of hydrogen-bond donors (Lipinski definition) is 0. The summed E-state index contributed by atoms with van der Waals surface area (Å²) >= 11 is 0. The Balaban J connectivity index is 2.15. The number of rotatable bonds is 4. The third-order valence-corrected chi connectivity index (χ3v) is 3.80. The summed E-state index contributed by atoms with van der Waals surface area (Å²) in [5, 5.41) is 0. The topological polar surface area (TPSA) is 18.5 Å². The van der Waals surface area contributed by atoms with Crippen LogP contribution in [0.5, 0.6) is 0 Å². The molecule has 1 saturated heterocycles. The van der Waals surface area contributed by atoms with Gasteiger partial charge < -0.3 is 9.47 Å². The Morgan fingerprint density at radius 2 is 2.06 bits per heavy atom. The van der Waals surface area contributed by atoms with Crippen molar-refractivity contribution < 1.29 is 9.47 Å². The number of ether oxygens (including phenoxy) is 2. The highest BCUT2D eigenvalue weighted by Gasteiger charge is 2.42. The molecule has 0 bridgehead atoms. The van der Waals surface area contributed by atoms with Gasteiger partial charge in [-0.3, -0.25) is 0 Å². The van der Waals surface area contributed by atoms with Crippen molar-refractivity contribution >= 4 is 0 Å². The summed E-state index contributed by atoms with van der Waals surface area (Å²) < 4.78 is 11.9. The molecule has 0 amide bonds. The Morgan fingerprint density at radius 1 is 1.35 bits per heavy atom. The molecule has 2 nitrogen and oxygen atoms in total. The molecule has 1 fully saturated rings. The lowest BCUT2D eigenvalue weighted by atomic mass is 9.74. The van der Waals surface area contributed by atoms with Gasteiger partial charge in [0.25, 0.3) is 0 Å². The van der Waals surface area contributed by atoms with Crippen LogP contribution in [0.15, 0.2) is 24.3 Å². The first-order valence-electron chi connectivity index (χ1n) is 6.66. The van der Waals surface area contributed by atoms with Gasteiger partial charge in [0.15, 0.2) is 5.79 Å². The van der Waals surface area contributed by atoms with Gasteiger partial charge in [-0.05, 0) is 36.7 Å². The summed E-state index contributed by atoms with van der Waals surface area (Å²) in [5.74, 6) is -0.439. The third-order valence-electron chi connectivity index (χ3n) is 3.80. The van der Waals surface area contributed by atoms with Crippen molar-refractivity contribution in [2.45, 2.75) is 51.7 Å². The molecule has 17 heavy (non-hydrogen) atoms. The van der Waals surface area contributed by atoms with Gasteiger partial charge in [0.05, 0.1) is 13.2 Å². The first kappa shape index (κ1) is 12.8. The van der Waals surface area contributed by atoms with E-state index in [0.717, 1.165) is 38.9 Å². The maximum Gasteiger partial charge on any atom is 0.191 e. The van der Waals surface area contributed by atoms with E-state index < -0.39 is 5.79 Å². The molecule has 2 aliphatic rings. The zero-order valence-electron chi connectivity index (χ0n) is 11.1. The fourth-order valence-electron chi connectivity index (χ4n) is 2.84. The van der Waals surface area contributed by atoms with Gasteiger partial charge >= 0.3 is 0 Å². The molecule has 0 N–H and O–H groups in total. The normalized spacial score (nSPS) is 26.6. The van der Waals surface area contributed by atoms with Crippen LogP contribution in [0.2, 0.25) is 0 Å². The van der Waals surface area contributed by atoms with Gasteiger partial charge in [0, 0.05) is 6.42 Å². The zero-order chi connectivity index (χ0) is 12.4. The monoisotopic (exact) mass is 236 g/mol. The minimum atomic E-state index is -0.439. The lowest BCUT2D eigenvalue weighted by molar-refractivity contribution is -0.135. The predicted octanol–water partition coefficient (Wildman–Crippen LogP) is 3.83. The van der Waals surface area contributed by atoms with Crippen molar-refractivity contribution in [1.29, 1.82) is 0 Å². The van der Waals surface area contributed by atoms with E-state index in [1.165, 1.54) is 12.0 Å². The molecule has 0 atom stereocenters. The largest absolute Gasteiger partial charge is 0.344 e. The van der Waals surface area contributed by atoms with Crippen LogP contribution in [-0.2, 0) is 9.47 Å². The predicted molar refractivity (Wildman–Crippen MR) is 69.8 cm³/mol. The summed E-state index contributed by atoms with van der Waals surface area (Å²) in [4.78, 5) is 0. The van der Waals surface area contributed by atoms with E-state index in [4.69, 9.17) is 9.47 Å². The average Bonchev–Trinajstić information content (AvgIpc) is 2.75. The molecule has 0 radical (unpaired) electrons. The molecule has 0 aromatic heterocycles. The van der Waals surface area contributed by atoms with Crippen LogP contribution in [0.1, 0.15) is 46.0 Å². The summed E-state index contributed by atoms with van der Waals surface area (Å²) in [6.07, 6.45) is 9.61. The molecule has 1 aliphatic carbocycles. The van der Waals surface area contributed by atoms with Crippen LogP contribution >= 0.6 is 0 Å². The van der Waals surface area contributed by atoms with Crippen LogP contribution in [-0.4, -0.2) is 19.0 Å². The third kappa shape index (κ3) is 2.80. The molecule has 0 aromatic carbocycles. The number of allylic oxidation sites excluding steroid dienone is 2. The van der Waals surface area contributed by atoms with Crippen molar-refractivity contribution in [3.8, 4) is 0 Å². The number of hydrogen-bond acceptors (Lipinski definition) is 2. The van der Waals surface area contributed by atoms with Gasteiger partial charge in [-0.25, -0.2) is 0 Å². The van der Waals surface area contributed by atoms with E-state index in [1.807, 2.05) is 6.08 Å². The molecule has 0 saturated carbocycles. The SMILES string of the molecule is C=CCCC1(C2=CCCC(C)(C)C2)OCCO1. The maximum absolute atomic E-state index is 5.94. The van der Waals surface area contributed by atoms with Crippen molar-refractivity contribution in [1.82, 2.24) is 0 Å². The molecule has 0 aromatic rings. The van der Waals surface area contributed by atoms with E-state index in [9.17, 15) is 0 Å². The summed E-state index contributed by atoms with van der Waals surface area (Å²) in [6, 6.07) is 0. The highest BCUT2D eigenvalue weighted by atomic mass is 16.7. The molecule has 1 heterocycles. The van der Waals surface area contributed by atoms with Gasteiger partial charge in [0.1, 0.15) is 0 Å². The van der Waals surface area contributed by atoms with Crippen LogP contribution in [0.4, 0.5) is 0 Å². The lowest BCUT2D eigenvalue weighted by Crippen LogP contribution is -2.36. The highest BCUT2D eigenvalue weighted by molar-refractivity contribution is 5.19. The van der Waals surface area contributed by atoms with Crippen molar-refractivity contribution in [3.63, 3.8) is 0 Å². The maximum atomic E-state index is 5.94. The molecule has 0 spiro atoms. The van der Waals surface area contributed by atoms with E-state index in [-0.39, 0.29) is 0 Å². The summed E-state index contributed by atoms with van der Waals surface area (Å²) in [5.41, 5.74) is 1.73. The summed E-state index contributed by atoms with van der Waals surface area (Å²) in [7, 11) is 0. The van der Waals surface area contributed by atoms with E-state index >= 15 is 0 Å². The smallest absolute Gasteiger partial charge is 0.191 e. The van der Waals surface area contributed by atoms with Crippen LogP contribution in [0, 0.1) is 5.41 Å². The van der Waals surface area contributed by atoms with Crippen molar-refractivity contribution in [2.24, 2.45) is 5.41 Å². The Labute approximate surface area is 105 Å². The van der Waals surface area contributed by atoms with E-state index in [2.05, 4.69) is 26.5 Å². The Morgan fingerprint density at radius 3 is 2.65 bits per heavy atom. The second-order valence-electron chi connectivity index (χ2n) is 5.89. The molecule has 96 valence electrons. The molecule has 2 heteroatoms. The van der Waals surface area contributed by atoms with Gasteiger partial charge in [-0.1, -0.05) is 26.0 Å². The zero-order valence-corrected chi connectivity index (χ0v) is 11.1.